The van der Waals surface area contributed by atoms with Crippen LogP contribution in [0.4, 0.5) is 0 Å². The van der Waals surface area contributed by atoms with Crippen molar-refractivity contribution in [3.63, 3.8) is 0 Å². The molecule has 0 bridgehead atoms. The summed E-state index contributed by atoms with van der Waals surface area (Å²) in [5.41, 5.74) is 1.18. The molecule has 4 heteroatoms. The van der Waals surface area contributed by atoms with Gasteiger partial charge in [0.1, 0.15) is 0 Å². The Morgan fingerprint density at radius 1 is 1.53 bits per heavy atom. The molecule has 0 spiro atoms. The Kier molecular flexibility index (Phi) is 4.18. The number of rotatable bonds is 6. The van der Waals surface area contributed by atoms with Gasteiger partial charge in [-0.05, 0) is 46.2 Å². The van der Waals surface area contributed by atoms with Gasteiger partial charge in [-0.15, -0.1) is 0 Å². The van der Waals surface area contributed by atoms with E-state index in [0.717, 1.165) is 12.5 Å². The highest BCUT2D eigenvalue weighted by atomic mass is 16.5. The second-order valence-corrected chi connectivity index (χ2v) is 5.21. The second kappa shape index (κ2) is 5.65. The van der Waals surface area contributed by atoms with Gasteiger partial charge >= 0.3 is 0 Å². The number of ether oxygens (including phenoxy) is 1. The zero-order valence-corrected chi connectivity index (χ0v) is 11.0. The summed E-state index contributed by atoms with van der Waals surface area (Å²) in [5, 5.41) is 3.21. The smallest absolute Gasteiger partial charge is 0.0951 e. The van der Waals surface area contributed by atoms with Crippen LogP contribution in [-0.4, -0.2) is 29.2 Å². The number of nitrogens with one attached hydrogen (secondary N) is 1. The zero-order valence-electron chi connectivity index (χ0n) is 11.0. The van der Waals surface area contributed by atoms with E-state index >= 15 is 0 Å². The van der Waals surface area contributed by atoms with E-state index in [4.69, 9.17) is 4.74 Å². The molecule has 96 valence electrons. The summed E-state index contributed by atoms with van der Waals surface area (Å²) in [6, 6.07) is 0.453. The van der Waals surface area contributed by atoms with Crippen LogP contribution in [0, 0.1) is 5.92 Å². The molecule has 1 aromatic rings. The van der Waals surface area contributed by atoms with Crippen LogP contribution >= 0.6 is 0 Å². The molecule has 1 fully saturated rings. The summed E-state index contributed by atoms with van der Waals surface area (Å²) in [6.07, 6.45) is 6.62. The van der Waals surface area contributed by atoms with Gasteiger partial charge in [0.05, 0.1) is 30.9 Å². The monoisotopic (exact) mass is 237 g/mol. The fourth-order valence-corrected chi connectivity index (χ4v) is 2.38. The number of imidazole rings is 1. The molecule has 0 atom stereocenters. The molecule has 4 nitrogen and oxygen atoms in total. The van der Waals surface area contributed by atoms with Crippen LogP contribution in [0.25, 0.3) is 0 Å². The van der Waals surface area contributed by atoms with Crippen molar-refractivity contribution in [1.29, 1.82) is 0 Å². The third kappa shape index (κ3) is 3.07. The Hall–Kier alpha value is -0.870. The van der Waals surface area contributed by atoms with Crippen molar-refractivity contribution in [2.24, 2.45) is 5.92 Å². The van der Waals surface area contributed by atoms with Crippen molar-refractivity contribution in [1.82, 2.24) is 14.9 Å². The van der Waals surface area contributed by atoms with Gasteiger partial charge in [-0.25, -0.2) is 4.98 Å². The van der Waals surface area contributed by atoms with E-state index in [1.807, 2.05) is 19.6 Å². The van der Waals surface area contributed by atoms with Crippen molar-refractivity contribution in [2.45, 2.75) is 45.4 Å². The molecule has 1 aromatic heterocycles. The lowest BCUT2D eigenvalue weighted by molar-refractivity contribution is -0.0413. The predicted molar refractivity (Wildman–Crippen MR) is 67.8 cm³/mol. The van der Waals surface area contributed by atoms with Gasteiger partial charge in [0, 0.05) is 6.04 Å². The fraction of sp³-hybridized carbons (Fsp3) is 0.769. The molecular weight excluding hydrogens is 214 g/mol. The average Bonchev–Trinajstić information content (AvgIpc) is 2.69. The largest absolute Gasteiger partial charge is 0.372 e. The lowest BCUT2D eigenvalue weighted by Crippen LogP contribution is -2.36. The highest BCUT2D eigenvalue weighted by Crippen LogP contribution is 2.30. The van der Waals surface area contributed by atoms with Crippen molar-refractivity contribution >= 4 is 0 Å². The topological polar surface area (TPSA) is 39.1 Å². The van der Waals surface area contributed by atoms with E-state index in [1.54, 1.807) is 0 Å². The van der Waals surface area contributed by atoms with Crippen LogP contribution in [0.1, 0.15) is 38.4 Å². The van der Waals surface area contributed by atoms with Crippen molar-refractivity contribution in [2.75, 3.05) is 13.6 Å². The third-order valence-electron chi connectivity index (χ3n) is 3.45. The minimum atomic E-state index is 0.448. The van der Waals surface area contributed by atoms with Crippen LogP contribution in [-0.2, 0) is 11.3 Å². The molecule has 1 N–H and O–H groups in total. The Balaban J connectivity index is 1.74. The summed E-state index contributed by atoms with van der Waals surface area (Å²) in [6.45, 7) is 6.13. The quantitative estimate of drug-likeness (QED) is 0.822. The van der Waals surface area contributed by atoms with Gasteiger partial charge in [-0.3, -0.25) is 0 Å². The lowest BCUT2D eigenvalue weighted by atomic mass is 9.82. The number of hydrogen-bond donors (Lipinski definition) is 1. The van der Waals surface area contributed by atoms with Crippen LogP contribution in [0.15, 0.2) is 12.5 Å². The van der Waals surface area contributed by atoms with Gasteiger partial charge in [-0.1, -0.05) is 0 Å². The first-order valence-corrected chi connectivity index (χ1v) is 6.47. The van der Waals surface area contributed by atoms with Crippen molar-refractivity contribution in [3.05, 3.63) is 18.2 Å². The van der Waals surface area contributed by atoms with E-state index in [2.05, 4.69) is 28.7 Å². The van der Waals surface area contributed by atoms with Crippen LogP contribution in [0.3, 0.4) is 0 Å². The van der Waals surface area contributed by atoms with Gasteiger partial charge in [0.2, 0.25) is 0 Å². The molecular formula is C13H23N3O. The van der Waals surface area contributed by atoms with E-state index in [-0.39, 0.29) is 0 Å². The molecule has 1 heterocycles. The highest BCUT2D eigenvalue weighted by molar-refractivity contribution is 4.98. The number of nitrogens with zero attached hydrogens (tertiary/aromatic N) is 2. The molecule has 2 rings (SSSR count). The van der Waals surface area contributed by atoms with E-state index < -0.39 is 0 Å². The molecule has 0 aliphatic heterocycles. The Morgan fingerprint density at radius 2 is 2.29 bits per heavy atom. The average molecular weight is 237 g/mol. The second-order valence-electron chi connectivity index (χ2n) is 5.21. The summed E-state index contributed by atoms with van der Waals surface area (Å²) < 4.78 is 8.07. The molecule has 0 radical (unpaired) electrons. The molecule has 1 saturated carbocycles. The lowest BCUT2D eigenvalue weighted by Gasteiger charge is -2.35. The standard InChI is InChI=1S/C13H23N3O/c1-10(2)16-9-15-7-12(16)8-17-13-4-11(5-13)6-14-3/h7,9-11,13-14H,4-6,8H2,1-3H3. The summed E-state index contributed by atoms with van der Waals surface area (Å²) in [4.78, 5) is 4.18. The van der Waals surface area contributed by atoms with Gasteiger partial charge in [-0.2, -0.15) is 0 Å². The number of aromatic nitrogens is 2. The van der Waals surface area contributed by atoms with Gasteiger partial charge < -0.3 is 14.6 Å². The molecule has 0 unspecified atom stereocenters. The van der Waals surface area contributed by atoms with E-state index in [1.165, 1.54) is 18.5 Å². The maximum Gasteiger partial charge on any atom is 0.0951 e. The minimum absolute atomic E-state index is 0.448. The van der Waals surface area contributed by atoms with Gasteiger partial charge in [0.25, 0.3) is 0 Å². The molecule has 0 amide bonds. The first-order valence-electron chi connectivity index (χ1n) is 6.47. The van der Waals surface area contributed by atoms with Crippen LogP contribution < -0.4 is 5.32 Å². The minimum Gasteiger partial charge on any atom is -0.372 e. The fourth-order valence-electron chi connectivity index (χ4n) is 2.38. The first-order chi connectivity index (χ1) is 8.20. The molecule has 17 heavy (non-hydrogen) atoms. The van der Waals surface area contributed by atoms with E-state index in [0.29, 0.717) is 18.8 Å². The Bertz CT molecular complexity index is 342. The Labute approximate surface area is 103 Å². The summed E-state index contributed by atoms with van der Waals surface area (Å²) >= 11 is 0. The summed E-state index contributed by atoms with van der Waals surface area (Å²) in [5.74, 6) is 0.806. The summed E-state index contributed by atoms with van der Waals surface area (Å²) in [7, 11) is 2.01. The highest BCUT2D eigenvalue weighted by Gasteiger charge is 2.29. The molecule has 0 aromatic carbocycles. The first kappa shape index (κ1) is 12.6. The van der Waals surface area contributed by atoms with E-state index in [9.17, 15) is 0 Å². The number of hydrogen-bond acceptors (Lipinski definition) is 3. The van der Waals surface area contributed by atoms with Crippen LogP contribution in [0.5, 0.6) is 0 Å². The zero-order chi connectivity index (χ0) is 12.3. The molecule has 0 saturated heterocycles. The SMILES string of the molecule is CNCC1CC(OCc2cncn2C(C)C)C1. The molecule has 1 aliphatic carbocycles. The normalized spacial score (nSPS) is 24.0. The van der Waals surface area contributed by atoms with Crippen LogP contribution in [0.2, 0.25) is 0 Å². The predicted octanol–water partition coefficient (Wildman–Crippen LogP) is 1.98. The third-order valence-corrected chi connectivity index (χ3v) is 3.45. The molecule has 1 aliphatic rings. The van der Waals surface area contributed by atoms with Crippen molar-refractivity contribution in [3.8, 4) is 0 Å². The maximum absolute atomic E-state index is 5.90. The van der Waals surface area contributed by atoms with Crippen molar-refractivity contribution < 1.29 is 4.74 Å². The Morgan fingerprint density at radius 3 is 2.94 bits per heavy atom. The van der Waals surface area contributed by atoms with Gasteiger partial charge in [0.15, 0.2) is 0 Å². The maximum atomic E-state index is 5.90.